The summed E-state index contributed by atoms with van der Waals surface area (Å²) in [5.74, 6) is -1.47. The van der Waals surface area contributed by atoms with E-state index in [0.717, 1.165) is 21.8 Å². The van der Waals surface area contributed by atoms with Crippen LogP contribution in [-0.2, 0) is 4.79 Å². The molecule has 0 unspecified atom stereocenters. The van der Waals surface area contributed by atoms with Crippen molar-refractivity contribution in [3.63, 3.8) is 0 Å². The predicted octanol–water partition coefficient (Wildman–Crippen LogP) is 5.29. The van der Waals surface area contributed by atoms with E-state index in [1.54, 1.807) is 6.08 Å². The molecule has 0 aliphatic carbocycles. The summed E-state index contributed by atoms with van der Waals surface area (Å²) in [5.41, 5.74) is 2.19. The fourth-order valence-corrected chi connectivity index (χ4v) is 4.87. The van der Waals surface area contributed by atoms with Crippen molar-refractivity contribution in [3.05, 3.63) is 82.3 Å². The number of halogens is 1. The average molecular weight is 423 g/mol. The number of carbonyl (C=O) groups excluding carboxylic acids is 1. The lowest BCUT2D eigenvalue weighted by molar-refractivity contribution is -0.116. The molecule has 3 aromatic rings. The lowest BCUT2D eigenvalue weighted by atomic mass is 9.88. The molecule has 0 bridgehead atoms. The van der Waals surface area contributed by atoms with E-state index in [-0.39, 0.29) is 23.1 Å². The molecule has 0 saturated carbocycles. The number of carbonyl (C=O) groups is 2. The Bertz CT molecular complexity index is 1140. The lowest BCUT2D eigenvalue weighted by Crippen LogP contribution is -2.23. The molecule has 1 amide bonds. The molecule has 7 heteroatoms. The van der Waals surface area contributed by atoms with E-state index >= 15 is 0 Å². The molecule has 5 nitrogen and oxygen atoms in total. The fourth-order valence-electron chi connectivity index (χ4n) is 3.63. The van der Waals surface area contributed by atoms with Crippen molar-refractivity contribution >= 4 is 28.9 Å². The summed E-state index contributed by atoms with van der Waals surface area (Å²) in [4.78, 5) is 25.4. The maximum Gasteiger partial charge on any atom is 0.346 e. The molecule has 0 radical (unpaired) electrons. The summed E-state index contributed by atoms with van der Waals surface area (Å²) in [6.07, 6.45) is 1.81. The normalized spacial score (nSPS) is 15.2. The van der Waals surface area contributed by atoms with E-state index in [9.17, 15) is 19.1 Å². The van der Waals surface area contributed by atoms with Gasteiger partial charge in [-0.3, -0.25) is 4.79 Å². The number of nitrogens with one attached hydrogen (secondary N) is 1. The first-order valence-corrected chi connectivity index (χ1v) is 10.1. The molecule has 2 aromatic carbocycles. The first kappa shape index (κ1) is 19.8. The van der Waals surface area contributed by atoms with Gasteiger partial charge in [-0.25, -0.2) is 9.18 Å². The van der Waals surface area contributed by atoms with Gasteiger partial charge in [-0.2, -0.15) is 0 Å². The monoisotopic (exact) mass is 423 g/mol. The van der Waals surface area contributed by atoms with Crippen molar-refractivity contribution in [2.75, 3.05) is 11.9 Å². The fraction of sp³-hybridized carbons (Fsp3) is 0.130. The van der Waals surface area contributed by atoms with Crippen molar-refractivity contribution in [2.45, 2.75) is 12.3 Å². The van der Waals surface area contributed by atoms with Crippen molar-refractivity contribution < 1.29 is 23.8 Å². The quantitative estimate of drug-likeness (QED) is 0.528. The average Bonchev–Trinajstić information content (AvgIpc) is 3.12. The molecular formula is C23H18FNO4S. The number of para-hydroxylation sites is 1. The van der Waals surface area contributed by atoms with Crippen LogP contribution in [0, 0.1) is 5.82 Å². The van der Waals surface area contributed by atoms with Crippen molar-refractivity contribution in [1.82, 2.24) is 0 Å². The zero-order valence-electron chi connectivity index (χ0n) is 15.9. The number of ether oxygens (including phenoxy) is 1. The molecular weight excluding hydrogens is 405 g/mol. The van der Waals surface area contributed by atoms with E-state index in [1.807, 2.05) is 24.3 Å². The third-order valence-electron chi connectivity index (χ3n) is 4.88. The van der Waals surface area contributed by atoms with Crippen LogP contribution in [0.15, 0.2) is 61.2 Å². The molecule has 2 N–H and O–H groups in total. The summed E-state index contributed by atoms with van der Waals surface area (Å²) in [6, 6.07) is 13.0. The van der Waals surface area contributed by atoms with Gasteiger partial charge in [-0.1, -0.05) is 43.0 Å². The minimum Gasteiger partial charge on any atom is -0.489 e. The SMILES string of the molecule is C=CCOc1ccccc1[C@H]1CC(=O)Nc2c1sc(C(=O)O)c2-c1ccc(F)cc1. The van der Waals surface area contributed by atoms with E-state index in [4.69, 9.17) is 4.74 Å². The third-order valence-corrected chi connectivity index (χ3v) is 6.18. The van der Waals surface area contributed by atoms with E-state index in [0.29, 0.717) is 29.2 Å². The maximum atomic E-state index is 13.4. The molecule has 4 rings (SSSR count). The molecule has 2 heterocycles. The van der Waals surface area contributed by atoms with Gasteiger partial charge in [-0.15, -0.1) is 11.3 Å². The van der Waals surface area contributed by atoms with Gasteiger partial charge in [0.05, 0.1) is 5.69 Å². The molecule has 1 aliphatic heterocycles. The number of amides is 1. The lowest BCUT2D eigenvalue weighted by Gasteiger charge is -2.25. The summed E-state index contributed by atoms with van der Waals surface area (Å²) in [7, 11) is 0. The minimum absolute atomic E-state index is 0.100. The van der Waals surface area contributed by atoms with Crippen LogP contribution < -0.4 is 10.1 Å². The van der Waals surface area contributed by atoms with Crippen LogP contribution in [0.1, 0.15) is 32.5 Å². The van der Waals surface area contributed by atoms with Crippen LogP contribution in [0.2, 0.25) is 0 Å². The van der Waals surface area contributed by atoms with E-state index in [1.165, 1.54) is 24.3 Å². The van der Waals surface area contributed by atoms with Gasteiger partial charge < -0.3 is 15.2 Å². The van der Waals surface area contributed by atoms with Crippen LogP contribution in [0.4, 0.5) is 10.1 Å². The number of thiophene rings is 1. The van der Waals surface area contributed by atoms with Crippen molar-refractivity contribution in [1.29, 1.82) is 0 Å². The highest BCUT2D eigenvalue weighted by atomic mass is 32.1. The van der Waals surface area contributed by atoms with Gasteiger partial charge in [-0.05, 0) is 23.8 Å². The Labute approximate surface area is 176 Å². The smallest absolute Gasteiger partial charge is 0.346 e. The number of hydrogen-bond acceptors (Lipinski definition) is 4. The Morgan fingerprint density at radius 2 is 2.00 bits per heavy atom. The highest BCUT2D eigenvalue weighted by Gasteiger charge is 2.35. The molecule has 1 aliphatic rings. The van der Waals surface area contributed by atoms with E-state index < -0.39 is 11.8 Å². The second-order valence-corrected chi connectivity index (χ2v) is 7.85. The largest absolute Gasteiger partial charge is 0.489 e. The summed E-state index contributed by atoms with van der Waals surface area (Å²) in [5, 5.41) is 12.6. The Hall–Kier alpha value is -3.45. The van der Waals surface area contributed by atoms with Crippen molar-refractivity contribution in [3.8, 4) is 16.9 Å². The van der Waals surface area contributed by atoms with Crippen molar-refractivity contribution in [2.24, 2.45) is 0 Å². The number of hydrogen-bond donors (Lipinski definition) is 2. The minimum atomic E-state index is -1.10. The summed E-state index contributed by atoms with van der Waals surface area (Å²) >= 11 is 1.12. The van der Waals surface area contributed by atoms with Crippen LogP contribution in [0.25, 0.3) is 11.1 Å². The van der Waals surface area contributed by atoms with Gasteiger partial charge in [0, 0.05) is 28.3 Å². The third kappa shape index (κ3) is 3.59. The predicted molar refractivity (Wildman–Crippen MR) is 114 cm³/mol. The van der Waals surface area contributed by atoms with Gasteiger partial charge in [0.25, 0.3) is 0 Å². The van der Waals surface area contributed by atoms with Gasteiger partial charge in [0.15, 0.2) is 0 Å². The zero-order valence-corrected chi connectivity index (χ0v) is 16.7. The number of carboxylic acid groups (broad SMARTS) is 1. The number of carboxylic acids is 1. The number of anilines is 1. The first-order chi connectivity index (χ1) is 14.5. The summed E-state index contributed by atoms with van der Waals surface area (Å²) < 4.78 is 19.2. The number of benzene rings is 2. The Balaban J connectivity index is 1.90. The van der Waals surface area contributed by atoms with Crippen LogP contribution in [-0.4, -0.2) is 23.6 Å². The highest BCUT2D eigenvalue weighted by molar-refractivity contribution is 7.15. The number of aromatic carboxylic acids is 1. The Kier molecular flexibility index (Phi) is 5.37. The van der Waals surface area contributed by atoms with Gasteiger partial charge in [0.2, 0.25) is 5.91 Å². The molecule has 0 spiro atoms. The Morgan fingerprint density at radius 1 is 1.27 bits per heavy atom. The van der Waals surface area contributed by atoms with Crippen LogP contribution >= 0.6 is 11.3 Å². The van der Waals surface area contributed by atoms with Gasteiger partial charge in [0.1, 0.15) is 23.1 Å². The number of rotatable bonds is 6. The standard InChI is InChI=1S/C23H18FNO4S/c1-2-11-29-17-6-4-3-5-15(17)16-12-18(26)25-20-19(13-7-9-14(24)10-8-13)22(23(27)28)30-21(16)20/h2-10,16H,1,11-12H2,(H,25,26)(H,27,28)/t16-/m1/s1. The summed E-state index contributed by atoms with van der Waals surface area (Å²) in [6.45, 7) is 3.97. The highest BCUT2D eigenvalue weighted by Crippen LogP contribution is 2.50. The molecule has 30 heavy (non-hydrogen) atoms. The maximum absolute atomic E-state index is 13.4. The zero-order chi connectivity index (χ0) is 21.3. The number of fused-ring (bicyclic) bond motifs is 1. The Morgan fingerprint density at radius 3 is 2.70 bits per heavy atom. The second kappa shape index (κ2) is 8.12. The first-order valence-electron chi connectivity index (χ1n) is 9.28. The van der Waals surface area contributed by atoms with E-state index in [2.05, 4.69) is 11.9 Å². The van der Waals surface area contributed by atoms with Crippen LogP contribution in [0.3, 0.4) is 0 Å². The second-order valence-electron chi connectivity index (χ2n) is 6.80. The topological polar surface area (TPSA) is 75.6 Å². The molecule has 0 saturated heterocycles. The molecule has 0 fully saturated rings. The van der Waals surface area contributed by atoms with Gasteiger partial charge >= 0.3 is 5.97 Å². The van der Waals surface area contributed by atoms with Crippen LogP contribution in [0.5, 0.6) is 5.75 Å². The molecule has 1 aromatic heterocycles. The molecule has 152 valence electrons. The molecule has 1 atom stereocenters.